The molecule has 0 radical (unpaired) electrons. The maximum absolute atomic E-state index is 11.7. The van der Waals surface area contributed by atoms with Crippen LogP contribution < -0.4 is 0 Å². The molecule has 2 rings (SSSR count). The highest BCUT2D eigenvalue weighted by Crippen LogP contribution is 2.28. The fourth-order valence-electron chi connectivity index (χ4n) is 1.82. The van der Waals surface area contributed by atoms with Gasteiger partial charge in [-0.05, 0) is 83.9 Å². The molecule has 2 aromatic rings. The summed E-state index contributed by atoms with van der Waals surface area (Å²) < 4.78 is 0. The fourth-order valence-corrected chi connectivity index (χ4v) is 3.14. The zero-order valence-corrected chi connectivity index (χ0v) is 15.3. The van der Waals surface area contributed by atoms with Crippen LogP contribution in [0.3, 0.4) is 0 Å². The molecule has 0 saturated heterocycles. The normalized spacial score (nSPS) is 10.2. The van der Waals surface area contributed by atoms with Crippen LogP contribution in [0.1, 0.15) is 13.8 Å². The van der Waals surface area contributed by atoms with E-state index < -0.39 is 0 Å². The van der Waals surface area contributed by atoms with Crippen LogP contribution in [0.15, 0.2) is 82.6 Å². The first-order valence-corrected chi connectivity index (χ1v) is 8.96. The van der Waals surface area contributed by atoms with Crippen molar-refractivity contribution in [3.8, 4) is 11.1 Å². The third-order valence-corrected chi connectivity index (χ3v) is 5.24. The summed E-state index contributed by atoms with van der Waals surface area (Å²) in [6.07, 6.45) is 0. The summed E-state index contributed by atoms with van der Waals surface area (Å²) in [5.41, 5.74) is 3.21. The molecule has 2 aromatic carbocycles. The van der Waals surface area contributed by atoms with Crippen molar-refractivity contribution in [2.24, 2.45) is 0 Å². The second kappa shape index (κ2) is 8.18. The summed E-state index contributed by atoms with van der Waals surface area (Å²) in [5.74, 6) is 0. The van der Waals surface area contributed by atoms with E-state index >= 15 is 0 Å². The molecule has 0 fully saturated rings. The Morgan fingerprint density at radius 1 is 0.667 bits per heavy atom. The minimum Gasteiger partial charge on any atom is -0.282 e. The van der Waals surface area contributed by atoms with Gasteiger partial charge in [-0.3, -0.25) is 9.59 Å². The first-order valence-electron chi connectivity index (χ1n) is 7.32. The predicted molar refractivity (Wildman–Crippen MR) is 103 cm³/mol. The quantitative estimate of drug-likeness (QED) is 0.506. The highest BCUT2D eigenvalue weighted by molar-refractivity contribution is 8.14. The number of benzene rings is 2. The first-order chi connectivity index (χ1) is 11.4. The molecule has 0 aromatic heterocycles. The molecule has 122 valence electrons. The number of rotatable bonds is 5. The van der Waals surface area contributed by atoms with Crippen LogP contribution in [0, 0.1) is 0 Å². The van der Waals surface area contributed by atoms with Crippen molar-refractivity contribution in [2.45, 2.75) is 23.6 Å². The predicted octanol–water partition coefficient (Wildman–Crippen LogP) is 5.74. The van der Waals surface area contributed by atoms with Gasteiger partial charge in [0, 0.05) is 9.79 Å². The summed E-state index contributed by atoms with van der Waals surface area (Å²) in [6.45, 7) is 10.7. The van der Waals surface area contributed by atoms with Gasteiger partial charge in [0.25, 0.3) is 0 Å². The van der Waals surface area contributed by atoms with E-state index in [1.54, 1.807) is 13.8 Å². The topological polar surface area (TPSA) is 34.1 Å². The molecule has 0 unspecified atom stereocenters. The van der Waals surface area contributed by atoms with Crippen LogP contribution in [-0.2, 0) is 9.59 Å². The van der Waals surface area contributed by atoms with E-state index in [9.17, 15) is 9.59 Å². The van der Waals surface area contributed by atoms with Gasteiger partial charge in [-0.2, -0.15) is 0 Å². The van der Waals surface area contributed by atoms with Crippen LogP contribution >= 0.6 is 23.5 Å². The number of carbonyl (C=O) groups excluding carboxylic acids is 2. The average molecular weight is 354 g/mol. The fraction of sp³-hybridized carbons (Fsp3) is 0.100. The maximum Gasteiger partial charge on any atom is 0.219 e. The lowest BCUT2D eigenvalue weighted by atomic mass is 10.1. The van der Waals surface area contributed by atoms with Crippen molar-refractivity contribution in [3.63, 3.8) is 0 Å². The average Bonchev–Trinajstić information content (AvgIpc) is 2.56. The Hall–Kier alpha value is -2.04. The standard InChI is InChI=1S/C20H18O2S2/c1-13(2)19(21)23-17-9-5-15(6-10-17)16-7-11-18(12-8-16)24-20(22)14(3)4/h5-12H,1,3H2,2,4H3. The maximum atomic E-state index is 11.7. The summed E-state index contributed by atoms with van der Waals surface area (Å²) >= 11 is 2.36. The van der Waals surface area contributed by atoms with Crippen LogP contribution in [0.5, 0.6) is 0 Å². The van der Waals surface area contributed by atoms with E-state index in [1.807, 2.05) is 48.5 Å². The van der Waals surface area contributed by atoms with Crippen molar-refractivity contribution in [1.82, 2.24) is 0 Å². The second-order valence-corrected chi connectivity index (χ2v) is 7.48. The number of carbonyl (C=O) groups is 2. The van der Waals surface area contributed by atoms with Gasteiger partial charge in [0.2, 0.25) is 10.2 Å². The van der Waals surface area contributed by atoms with Crippen molar-refractivity contribution in [2.75, 3.05) is 0 Å². The molecule has 0 aliphatic rings. The molecule has 0 bridgehead atoms. The minimum absolute atomic E-state index is 0.0219. The largest absolute Gasteiger partial charge is 0.282 e. The molecule has 0 aliphatic carbocycles. The van der Waals surface area contributed by atoms with Gasteiger partial charge in [0.15, 0.2) is 0 Å². The summed E-state index contributed by atoms with van der Waals surface area (Å²) in [5, 5.41) is -0.0439. The minimum atomic E-state index is -0.0219. The van der Waals surface area contributed by atoms with Gasteiger partial charge in [0.1, 0.15) is 0 Å². The second-order valence-electron chi connectivity index (χ2n) is 5.39. The Balaban J connectivity index is 2.09. The van der Waals surface area contributed by atoms with Gasteiger partial charge >= 0.3 is 0 Å². The Bertz CT molecular complexity index is 718. The van der Waals surface area contributed by atoms with Crippen LogP contribution in [0.4, 0.5) is 0 Å². The summed E-state index contributed by atoms with van der Waals surface area (Å²) in [6, 6.07) is 15.6. The molecule has 0 amide bonds. The highest BCUT2D eigenvalue weighted by atomic mass is 32.2. The van der Waals surface area contributed by atoms with E-state index in [4.69, 9.17) is 0 Å². The molecule has 0 heterocycles. The Kier molecular flexibility index (Phi) is 6.23. The number of hydrogen-bond acceptors (Lipinski definition) is 4. The number of hydrogen-bond donors (Lipinski definition) is 0. The van der Waals surface area contributed by atoms with Crippen LogP contribution in [-0.4, -0.2) is 10.2 Å². The van der Waals surface area contributed by atoms with E-state index in [0.717, 1.165) is 20.9 Å². The van der Waals surface area contributed by atoms with Crippen molar-refractivity contribution >= 4 is 33.8 Å². The molecule has 0 aliphatic heterocycles. The summed E-state index contributed by atoms with van der Waals surface area (Å²) in [4.78, 5) is 25.1. The van der Waals surface area contributed by atoms with Gasteiger partial charge in [-0.1, -0.05) is 37.4 Å². The molecule has 0 N–H and O–H groups in total. The third kappa shape index (κ3) is 4.98. The molecule has 24 heavy (non-hydrogen) atoms. The van der Waals surface area contributed by atoms with Gasteiger partial charge in [-0.15, -0.1) is 0 Å². The molecule has 4 heteroatoms. The van der Waals surface area contributed by atoms with Crippen molar-refractivity contribution < 1.29 is 9.59 Å². The molecular formula is C20H18O2S2. The Labute approximate surface area is 151 Å². The lowest BCUT2D eigenvalue weighted by Crippen LogP contribution is -1.91. The molecule has 2 nitrogen and oxygen atoms in total. The Morgan fingerprint density at radius 3 is 1.21 bits per heavy atom. The van der Waals surface area contributed by atoms with E-state index in [-0.39, 0.29) is 10.2 Å². The lowest BCUT2D eigenvalue weighted by molar-refractivity contribution is -0.108. The molecular weight excluding hydrogens is 336 g/mol. The SMILES string of the molecule is C=C(C)C(=O)Sc1ccc(-c2ccc(SC(=O)C(=C)C)cc2)cc1. The summed E-state index contributed by atoms with van der Waals surface area (Å²) in [7, 11) is 0. The lowest BCUT2D eigenvalue weighted by Gasteiger charge is -2.05. The monoisotopic (exact) mass is 354 g/mol. The zero-order valence-electron chi connectivity index (χ0n) is 13.7. The van der Waals surface area contributed by atoms with Gasteiger partial charge in [0.05, 0.1) is 0 Å². The van der Waals surface area contributed by atoms with E-state index in [2.05, 4.69) is 13.2 Å². The van der Waals surface area contributed by atoms with E-state index in [1.165, 1.54) is 23.5 Å². The third-order valence-electron chi connectivity index (χ3n) is 3.16. The smallest absolute Gasteiger partial charge is 0.219 e. The van der Waals surface area contributed by atoms with Crippen molar-refractivity contribution in [3.05, 3.63) is 72.8 Å². The van der Waals surface area contributed by atoms with Crippen molar-refractivity contribution in [1.29, 1.82) is 0 Å². The molecule has 0 saturated carbocycles. The molecule has 0 atom stereocenters. The van der Waals surface area contributed by atoms with Crippen LogP contribution in [0.2, 0.25) is 0 Å². The van der Waals surface area contributed by atoms with E-state index in [0.29, 0.717) is 11.1 Å². The Morgan fingerprint density at radius 2 is 0.958 bits per heavy atom. The van der Waals surface area contributed by atoms with Crippen LogP contribution in [0.25, 0.3) is 11.1 Å². The van der Waals surface area contributed by atoms with Gasteiger partial charge in [-0.25, -0.2) is 0 Å². The highest BCUT2D eigenvalue weighted by Gasteiger charge is 2.07. The number of thioether (sulfide) groups is 2. The zero-order chi connectivity index (χ0) is 17.7. The first kappa shape index (κ1) is 18.3. The van der Waals surface area contributed by atoms with Gasteiger partial charge < -0.3 is 0 Å². The molecule has 0 spiro atoms.